The minimum atomic E-state index is -2.88. The summed E-state index contributed by atoms with van der Waals surface area (Å²) in [5.74, 6) is 0.840. The van der Waals surface area contributed by atoms with Gasteiger partial charge in [-0.05, 0) is 19.9 Å². The second-order valence-electron chi connectivity index (χ2n) is 5.65. The molecule has 1 aliphatic heterocycles. The second kappa shape index (κ2) is 5.99. The van der Waals surface area contributed by atoms with Gasteiger partial charge in [0, 0.05) is 24.0 Å². The fourth-order valence-electron chi connectivity index (χ4n) is 2.49. The van der Waals surface area contributed by atoms with E-state index in [1.807, 2.05) is 14.0 Å². The third kappa shape index (κ3) is 3.32. The van der Waals surface area contributed by atoms with Gasteiger partial charge < -0.3 is 10.2 Å². The summed E-state index contributed by atoms with van der Waals surface area (Å²) in [6.07, 6.45) is 0. The van der Waals surface area contributed by atoms with Gasteiger partial charge in [-0.2, -0.15) is 0 Å². The fourth-order valence-corrected chi connectivity index (χ4v) is 5.41. The Hall–Kier alpha value is -0.660. The monoisotopic (exact) mass is 317 g/mol. The van der Waals surface area contributed by atoms with Crippen LogP contribution in [0.3, 0.4) is 0 Å². The van der Waals surface area contributed by atoms with E-state index in [9.17, 15) is 8.42 Å². The van der Waals surface area contributed by atoms with Gasteiger partial charge in [0.2, 0.25) is 0 Å². The first kappa shape index (κ1) is 15.7. The van der Waals surface area contributed by atoms with Crippen molar-refractivity contribution in [2.45, 2.75) is 39.3 Å². The number of nitrogens with one attached hydrogen (secondary N) is 1. The van der Waals surface area contributed by atoms with Crippen molar-refractivity contribution < 1.29 is 8.42 Å². The zero-order valence-electron chi connectivity index (χ0n) is 12.5. The lowest BCUT2D eigenvalue weighted by Crippen LogP contribution is -2.47. The Morgan fingerprint density at radius 3 is 2.75 bits per heavy atom. The largest absolute Gasteiger partial charge is 0.343 e. The molecule has 1 N–H and O–H groups in total. The van der Waals surface area contributed by atoms with Crippen molar-refractivity contribution in [2.75, 3.05) is 30.0 Å². The summed E-state index contributed by atoms with van der Waals surface area (Å²) in [4.78, 5) is 8.14. The van der Waals surface area contributed by atoms with Crippen LogP contribution in [0.25, 0.3) is 0 Å². The number of rotatable bonds is 4. The number of nitrogens with zero attached hydrogens (tertiary/aromatic N) is 2. The highest BCUT2D eigenvalue weighted by molar-refractivity contribution is 7.91. The maximum Gasteiger partial charge on any atom is 0.186 e. The van der Waals surface area contributed by atoms with Crippen LogP contribution in [0.5, 0.6) is 0 Å². The second-order valence-corrected chi connectivity index (χ2v) is 8.94. The smallest absolute Gasteiger partial charge is 0.186 e. The molecule has 0 radical (unpaired) electrons. The Kier molecular flexibility index (Phi) is 4.71. The minimum absolute atomic E-state index is 0.00217. The highest BCUT2D eigenvalue weighted by Gasteiger charge is 2.30. The topological polar surface area (TPSA) is 62.3 Å². The molecule has 0 saturated carbocycles. The molecule has 2 heterocycles. The van der Waals surface area contributed by atoms with E-state index in [-0.39, 0.29) is 17.5 Å². The number of hydrogen-bond acceptors (Lipinski definition) is 6. The molecule has 1 fully saturated rings. The normalized spacial score (nSPS) is 22.4. The van der Waals surface area contributed by atoms with E-state index in [2.05, 4.69) is 24.1 Å². The number of aromatic nitrogens is 1. The molecule has 2 rings (SSSR count). The first-order chi connectivity index (χ1) is 9.34. The van der Waals surface area contributed by atoms with Crippen molar-refractivity contribution in [3.63, 3.8) is 0 Å². The Morgan fingerprint density at radius 1 is 1.50 bits per heavy atom. The van der Waals surface area contributed by atoms with Crippen molar-refractivity contribution in [3.8, 4) is 0 Å². The van der Waals surface area contributed by atoms with Crippen LogP contribution in [0.15, 0.2) is 0 Å². The molecule has 114 valence electrons. The van der Waals surface area contributed by atoms with Crippen LogP contribution >= 0.6 is 11.3 Å². The third-order valence-electron chi connectivity index (χ3n) is 3.52. The van der Waals surface area contributed by atoms with E-state index in [0.717, 1.165) is 17.4 Å². The molecular weight excluding hydrogens is 294 g/mol. The third-order valence-corrected chi connectivity index (χ3v) is 6.42. The zero-order chi connectivity index (χ0) is 14.9. The molecule has 20 heavy (non-hydrogen) atoms. The van der Waals surface area contributed by atoms with Gasteiger partial charge in [0.1, 0.15) is 0 Å². The molecule has 1 saturated heterocycles. The number of hydrogen-bond donors (Lipinski definition) is 1. The van der Waals surface area contributed by atoms with Crippen molar-refractivity contribution in [1.82, 2.24) is 10.3 Å². The molecule has 0 aromatic carbocycles. The molecule has 1 aromatic heterocycles. The van der Waals surface area contributed by atoms with Gasteiger partial charge in [0.25, 0.3) is 0 Å². The minimum Gasteiger partial charge on any atom is -0.343 e. The molecule has 7 heteroatoms. The van der Waals surface area contributed by atoms with E-state index >= 15 is 0 Å². The van der Waals surface area contributed by atoms with Crippen LogP contribution in [0.4, 0.5) is 5.13 Å². The van der Waals surface area contributed by atoms with Crippen LogP contribution in [-0.4, -0.2) is 44.5 Å². The lowest BCUT2D eigenvalue weighted by Gasteiger charge is -2.32. The number of thiazole rings is 1. The number of anilines is 1. The molecule has 0 amide bonds. The Labute approximate surface area is 125 Å². The van der Waals surface area contributed by atoms with E-state index < -0.39 is 9.84 Å². The molecule has 0 spiro atoms. The maximum atomic E-state index is 11.7. The predicted octanol–water partition coefficient (Wildman–Crippen LogP) is 1.61. The van der Waals surface area contributed by atoms with Gasteiger partial charge in [0.15, 0.2) is 15.0 Å². The fraction of sp³-hybridized carbons (Fsp3) is 0.769. The summed E-state index contributed by atoms with van der Waals surface area (Å²) in [5.41, 5.74) is 1.12. The Balaban J connectivity index is 2.27. The van der Waals surface area contributed by atoms with Crippen molar-refractivity contribution >= 4 is 26.3 Å². The number of sulfone groups is 1. The van der Waals surface area contributed by atoms with Gasteiger partial charge in [-0.1, -0.05) is 13.8 Å². The summed E-state index contributed by atoms with van der Waals surface area (Å²) >= 11 is 1.68. The predicted molar refractivity (Wildman–Crippen MR) is 84.4 cm³/mol. The molecular formula is C13H23N3O2S2. The lowest BCUT2D eigenvalue weighted by molar-refractivity contribution is 0.567. The van der Waals surface area contributed by atoms with Gasteiger partial charge in [-0.15, -0.1) is 11.3 Å². The van der Waals surface area contributed by atoms with E-state index in [1.165, 1.54) is 4.88 Å². The quantitative estimate of drug-likeness (QED) is 0.914. The Bertz CT molecular complexity index is 566. The van der Waals surface area contributed by atoms with Crippen LogP contribution < -0.4 is 10.2 Å². The van der Waals surface area contributed by atoms with Gasteiger partial charge in [0.05, 0.1) is 17.2 Å². The summed E-state index contributed by atoms with van der Waals surface area (Å²) in [6, 6.07) is 0.00217. The van der Waals surface area contributed by atoms with Crippen LogP contribution in [0.2, 0.25) is 0 Å². The van der Waals surface area contributed by atoms with Crippen molar-refractivity contribution in [3.05, 3.63) is 10.6 Å². The van der Waals surface area contributed by atoms with Gasteiger partial charge in [-0.3, -0.25) is 0 Å². The first-order valence-corrected chi connectivity index (χ1v) is 9.59. The summed E-state index contributed by atoms with van der Waals surface area (Å²) in [7, 11) is -0.950. The highest BCUT2D eigenvalue weighted by atomic mass is 32.2. The van der Waals surface area contributed by atoms with E-state index in [1.54, 1.807) is 11.3 Å². The SMILES string of the molecule is CNCc1sc(N2CCS(=O)(=O)CC2C)nc1C(C)C. The van der Waals surface area contributed by atoms with E-state index in [0.29, 0.717) is 12.5 Å². The molecule has 1 aliphatic rings. The Morgan fingerprint density at radius 2 is 2.20 bits per heavy atom. The molecule has 5 nitrogen and oxygen atoms in total. The molecule has 1 aromatic rings. The maximum absolute atomic E-state index is 11.7. The summed E-state index contributed by atoms with van der Waals surface area (Å²) in [6.45, 7) is 7.61. The zero-order valence-corrected chi connectivity index (χ0v) is 14.1. The van der Waals surface area contributed by atoms with Gasteiger partial charge in [-0.25, -0.2) is 13.4 Å². The standard InChI is InChI=1S/C13H23N3O2S2/c1-9(2)12-11(7-14-4)19-13(15-12)16-5-6-20(17,18)8-10(16)3/h9-10,14H,5-8H2,1-4H3. The van der Waals surface area contributed by atoms with Crippen molar-refractivity contribution in [1.29, 1.82) is 0 Å². The molecule has 1 unspecified atom stereocenters. The molecule has 0 aliphatic carbocycles. The van der Waals surface area contributed by atoms with E-state index in [4.69, 9.17) is 4.98 Å². The molecule has 0 bridgehead atoms. The lowest BCUT2D eigenvalue weighted by atomic mass is 10.1. The average Bonchev–Trinajstić information content (AvgIpc) is 2.72. The van der Waals surface area contributed by atoms with Crippen LogP contribution in [-0.2, 0) is 16.4 Å². The van der Waals surface area contributed by atoms with Gasteiger partial charge >= 0.3 is 0 Å². The highest BCUT2D eigenvalue weighted by Crippen LogP contribution is 2.32. The average molecular weight is 317 g/mol. The molecule has 1 atom stereocenters. The van der Waals surface area contributed by atoms with Crippen LogP contribution in [0, 0.1) is 0 Å². The van der Waals surface area contributed by atoms with Crippen molar-refractivity contribution in [2.24, 2.45) is 0 Å². The first-order valence-electron chi connectivity index (χ1n) is 6.95. The summed E-state index contributed by atoms with van der Waals surface area (Å²) < 4.78 is 23.3. The summed E-state index contributed by atoms with van der Waals surface area (Å²) in [5, 5.41) is 4.14. The van der Waals surface area contributed by atoms with Crippen LogP contribution in [0.1, 0.15) is 37.3 Å².